The zero-order chi connectivity index (χ0) is 19.4. The summed E-state index contributed by atoms with van der Waals surface area (Å²) in [5.41, 5.74) is 0.465. The van der Waals surface area contributed by atoms with E-state index in [-0.39, 0.29) is 23.1 Å². The smallest absolute Gasteiger partial charge is 0.277 e. The first kappa shape index (κ1) is 18.4. The van der Waals surface area contributed by atoms with Crippen LogP contribution < -0.4 is 10.2 Å². The Kier molecular flexibility index (Phi) is 5.35. The van der Waals surface area contributed by atoms with Crippen LogP contribution in [0.1, 0.15) is 17.4 Å². The fraction of sp³-hybridized carbons (Fsp3) is 0.105. The van der Waals surface area contributed by atoms with E-state index < -0.39 is 17.5 Å². The number of hydrogen-bond donors (Lipinski definition) is 1. The minimum atomic E-state index is -1.59. The molecule has 3 rings (SSSR count). The van der Waals surface area contributed by atoms with Gasteiger partial charge in [0.15, 0.2) is 17.5 Å². The first-order chi connectivity index (χ1) is 13.0. The van der Waals surface area contributed by atoms with Crippen molar-refractivity contribution in [2.75, 3.05) is 16.8 Å². The Bertz CT molecular complexity index is 966. The molecule has 1 aromatic heterocycles. The van der Waals surface area contributed by atoms with E-state index >= 15 is 0 Å². The molecule has 0 aliphatic rings. The van der Waals surface area contributed by atoms with Gasteiger partial charge in [0.2, 0.25) is 0 Å². The molecule has 0 bridgehead atoms. The summed E-state index contributed by atoms with van der Waals surface area (Å²) in [5, 5.41) is 2.53. The van der Waals surface area contributed by atoms with Gasteiger partial charge in [-0.05, 0) is 31.2 Å². The Morgan fingerprint density at radius 1 is 1.04 bits per heavy atom. The highest BCUT2D eigenvalue weighted by Crippen LogP contribution is 2.23. The first-order valence-corrected chi connectivity index (χ1v) is 8.10. The zero-order valence-electron chi connectivity index (χ0n) is 14.3. The minimum Gasteiger partial charge on any atom is -0.338 e. The van der Waals surface area contributed by atoms with E-state index in [0.29, 0.717) is 12.2 Å². The average molecular weight is 372 g/mol. The molecule has 8 heteroatoms. The maximum Gasteiger partial charge on any atom is 0.277 e. The average Bonchev–Trinajstić information content (AvgIpc) is 2.70. The number of benzene rings is 2. The van der Waals surface area contributed by atoms with Gasteiger partial charge in [-0.3, -0.25) is 4.79 Å². The van der Waals surface area contributed by atoms with Gasteiger partial charge in [-0.1, -0.05) is 18.2 Å². The zero-order valence-corrected chi connectivity index (χ0v) is 14.3. The van der Waals surface area contributed by atoms with E-state index in [4.69, 9.17) is 0 Å². The second-order valence-corrected chi connectivity index (χ2v) is 5.52. The highest BCUT2D eigenvalue weighted by Gasteiger charge is 2.19. The lowest BCUT2D eigenvalue weighted by Crippen LogP contribution is -2.31. The molecule has 2 aromatic carbocycles. The van der Waals surface area contributed by atoms with Crippen LogP contribution in [-0.4, -0.2) is 22.4 Å². The number of nitrogens with one attached hydrogen (secondary N) is 1. The van der Waals surface area contributed by atoms with Gasteiger partial charge in [-0.15, -0.1) is 0 Å². The van der Waals surface area contributed by atoms with Gasteiger partial charge < -0.3 is 10.2 Å². The number of amides is 1. The van der Waals surface area contributed by atoms with Crippen molar-refractivity contribution in [2.24, 2.45) is 0 Å². The number of para-hydroxylation sites is 1. The fourth-order valence-electron chi connectivity index (χ4n) is 2.49. The molecular formula is C19H15F3N4O. The molecule has 0 saturated heterocycles. The predicted octanol–water partition coefficient (Wildman–Crippen LogP) is 4.30. The molecule has 0 spiro atoms. The number of hydrogen-bond acceptors (Lipinski definition) is 4. The number of anilines is 3. The highest BCUT2D eigenvalue weighted by molar-refractivity contribution is 6.05. The van der Waals surface area contributed by atoms with Crippen LogP contribution in [0.25, 0.3) is 0 Å². The molecule has 0 saturated carbocycles. The van der Waals surface area contributed by atoms with Crippen molar-refractivity contribution >= 4 is 23.1 Å². The van der Waals surface area contributed by atoms with Gasteiger partial charge in [-0.25, -0.2) is 23.1 Å². The summed E-state index contributed by atoms with van der Waals surface area (Å²) < 4.78 is 40.2. The monoisotopic (exact) mass is 372 g/mol. The Labute approximate surface area is 153 Å². The van der Waals surface area contributed by atoms with Gasteiger partial charge in [0.05, 0.1) is 5.69 Å². The third-order valence-corrected chi connectivity index (χ3v) is 3.81. The molecular weight excluding hydrogens is 357 g/mol. The van der Waals surface area contributed by atoms with Gasteiger partial charge in [0, 0.05) is 18.3 Å². The van der Waals surface area contributed by atoms with E-state index in [1.165, 1.54) is 11.0 Å². The number of aromatic nitrogens is 2. The van der Waals surface area contributed by atoms with Crippen molar-refractivity contribution < 1.29 is 18.0 Å². The number of halogens is 3. The summed E-state index contributed by atoms with van der Waals surface area (Å²) in [4.78, 5) is 22.1. The lowest BCUT2D eigenvalue weighted by atomic mass is 10.2. The van der Waals surface area contributed by atoms with E-state index in [1.807, 2.05) is 25.1 Å². The topological polar surface area (TPSA) is 58.1 Å². The third-order valence-electron chi connectivity index (χ3n) is 3.81. The molecule has 138 valence electrons. The largest absolute Gasteiger partial charge is 0.338 e. The predicted molar refractivity (Wildman–Crippen MR) is 95.4 cm³/mol. The lowest BCUT2D eigenvalue weighted by molar-refractivity contribution is 0.0983. The van der Waals surface area contributed by atoms with Crippen LogP contribution in [-0.2, 0) is 0 Å². The molecule has 0 radical (unpaired) electrons. The van der Waals surface area contributed by atoms with Gasteiger partial charge in [-0.2, -0.15) is 0 Å². The van der Waals surface area contributed by atoms with E-state index in [1.54, 1.807) is 12.1 Å². The Morgan fingerprint density at radius 3 is 2.48 bits per heavy atom. The van der Waals surface area contributed by atoms with Crippen molar-refractivity contribution in [1.82, 2.24) is 9.97 Å². The van der Waals surface area contributed by atoms with E-state index in [0.717, 1.165) is 18.5 Å². The second kappa shape index (κ2) is 7.86. The number of carbonyl (C=O) groups excluding carboxylic acids is 1. The van der Waals surface area contributed by atoms with Crippen molar-refractivity contribution in [3.05, 3.63) is 78.0 Å². The lowest BCUT2D eigenvalue weighted by Gasteiger charge is -2.20. The van der Waals surface area contributed by atoms with Gasteiger partial charge in [0.25, 0.3) is 5.91 Å². The van der Waals surface area contributed by atoms with Crippen LogP contribution in [0.3, 0.4) is 0 Å². The van der Waals surface area contributed by atoms with Gasteiger partial charge >= 0.3 is 0 Å². The molecule has 0 aliphatic carbocycles. The summed E-state index contributed by atoms with van der Waals surface area (Å²) in [5.74, 6) is -4.56. The molecule has 3 aromatic rings. The molecule has 0 atom stereocenters. The van der Waals surface area contributed by atoms with Crippen LogP contribution in [0.2, 0.25) is 0 Å². The van der Waals surface area contributed by atoms with Crippen molar-refractivity contribution in [2.45, 2.75) is 6.92 Å². The molecule has 0 unspecified atom stereocenters. The molecule has 1 amide bonds. The Balaban J connectivity index is 1.87. The van der Waals surface area contributed by atoms with E-state index in [9.17, 15) is 18.0 Å². The molecule has 0 fully saturated rings. The molecule has 1 heterocycles. The summed E-state index contributed by atoms with van der Waals surface area (Å²) in [6.07, 6.45) is 1.13. The maximum absolute atomic E-state index is 13.8. The normalized spacial score (nSPS) is 10.5. The third kappa shape index (κ3) is 3.89. The first-order valence-electron chi connectivity index (χ1n) is 8.10. The SMILES string of the molecule is CCN(C(=O)c1cc(Nc2ccc(F)c(F)c2F)ncn1)c1ccccc1. The molecule has 5 nitrogen and oxygen atoms in total. The fourth-order valence-corrected chi connectivity index (χ4v) is 2.49. The van der Waals surface area contributed by atoms with Crippen molar-refractivity contribution in [3.63, 3.8) is 0 Å². The van der Waals surface area contributed by atoms with Crippen molar-refractivity contribution in [1.29, 1.82) is 0 Å². The van der Waals surface area contributed by atoms with E-state index in [2.05, 4.69) is 15.3 Å². The Hall–Kier alpha value is -3.42. The minimum absolute atomic E-state index is 0.0706. The summed E-state index contributed by atoms with van der Waals surface area (Å²) in [6, 6.07) is 12.2. The number of carbonyl (C=O) groups is 1. The summed E-state index contributed by atoms with van der Waals surface area (Å²) in [7, 11) is 0. The summed E-state index contributed by atoms with van der Waals surface area (Å²) in [6.45, 7) is 2.23. The number of rotatable bonds is 5. The van der Waals surface area contributed by atoms with Crippen LogP contribution in [0.4, 0.5) is 30.4 Å². The Morgan fingerprint density at radius 2 is 1.78 bits per heavy atom. The van der Waals surface area contributed by atoms with Crippen LogP contribution in [0.15, 0.2) is 54.9 Å². The van der Waals surface area contributed by atoms with Crippen LogP contribution in [0.5, 0.6) is 0 Å². The second-order valence-electron chi connectivity index (χ2n) is 5.52. The maximum atomic E-state index is 13.8. The van der Waals surface area contributed by atoms with Crippen LogP contribution >= 0.6 is 0 Å². The van der Waals surface area contributed by atoms with Gasteiger partial charge in [0.1, 0.15) is 17.8 Å². The van der Waals surface area contributed by atoms with Crippen molar-refractivity contribution in [3.8, 4) is 0 Å². The number of nitrogens with zero attached hydrogens (tertiary/aromatic N) is 3. The molecule has 0 aliphatic heterocycles. The molecule has 27 heavy (non-hydrogen) atoms. The molecule has 1 N–H and O–H groups in total. The van der Waals surface area contributed by atoms with Crippen LogP contribution in [0, 0.1) is 17.5 Å². The summed E-state index contributed by atoms with van der Waals surface area (Å²) >= 11 is 0. The highest BCUT2D eigenvalue weighted by atomic mass is 19.2. The standard InChI is InChI=1S/C19H15F3N4O/c1-2-26(12-6-4-3-5-7-12)19(27)15-10-16(24-11-23-15)25-14-9-8-13(20)17(21)18(14)22/h3-11H,2H2,1H3,(H,23,24,25). The quantitative estimate of drug-likeness (QED) is 0.679.